The number of hydrogen-bond acceptors (Lipinski definition) is 4. The summed E-state index contributed by atoms with van der Waals surface area (Å²) in [4.78, 5) is 9.54. The SMILES string of the molecule is Cn1cc(-c2cn(S)c3ncc(C4CCCCC4)nc23)cn1. The molecule has 3 aromatic rings. The van der Waals surface area contributed by atoms with E-state index in [1.807, 2.05) is 31.8 Å². The number of fused-ring (bicyclic) bond motifs is 1. The van der Waals surface area contributed by atoms with Gasteiger partial charge in [-0.15, -0.1) is 0 Å². The molecule has 0 amide bonds. The lowest BCUT2D eigenvalue weighted by Crippen LogP contribution is -2.07. The Labute approximate surface area is 134 Å². The minimum atomic E-state index is 0.552. The van der Waals surface area contributed by atoms with Gasteiger partial charge in [0.2, 0.25) is 0 Å². The molecule has 3 heterocycles. The van der Waals surface area contributed by atoms with Crippen molar-refractivity contribution < 1.29 is 0 Å². The molecule has 4 rings (SSSR count). The van der Waals surface area contributed by atoms with Crippen LogP contribution in [0.2, 0.25) is 0 Å². The highest BCUT2D eigenvalue weighted by atomic mass is 32.1. The average Bonchev–Trinajstić information content (AvgIpc) is 3.12. The van der Waals surface area contributed by atoms with E-state index in [1.54, 1.807) is 8.65 Å². The number of aryl methyl sites for hydroxylation is 1. The third-order valence-electron chi connectivity index (χ3n) is 4.53. The molecule has 22 heavy (non-hydrogen) atoms. The summed E-state index contributed by atoms with van der Waals surface area (Å²) in [5, 5.41) is 4.26. The van der Waals surface area contributed by atoms with Gasteiger partial charge in [0.25, 0.3) is 0 Å². The zero-order valence-electron chi connectivity index (χ0n) is 12.6. The number of nitrogens with zero attached hydrogens (tertiary/aromatic N) is 5. The van der Waals surface area contributed by atoms with Crippen molar-refractivity contribution in [3.63, 3.8) is 0 Å². The molecule has 114 valence electrons. The Bertz CT molecular complexity index is 813. The molecule has 0 radical (unpaired) electrons. The van der Waals surface area contributed by atoms with Crippen LogP contribution in [0.5, 0.6) is 0 Å². The Morgan fingerprint density at radius 3 is 2.68 bits per heavy atom. The first-order valence-electron chi connectivity index (χ1n) is 7.78. The molecular weight excluding hydrogens is 294 g/mol. The van der Waals surface area contributed by atoms with E-state index >= 15 is 0 Å². The summed E-state index contributed by atoms with van der Waals surface area (Å²) in [6, 6.07) is 0. The summed E-state index contributed by atoms with van der Waals surface area (Å²) in [6.07, 6.45) is 14.2. The van der Waals surface area contributed by atoms with E-state index in [2.05, 4.69) is 22.9 Å². The fraction of sp³-hybridized carbons (Fsp3) is 0.438. The van der Waals surface area contributed by atoms with Gasteiger partial charge in [0.15, 0.2) is 5.65 Å². The van der Waals surface area contributed by atoms with Crippen LogP contribution in [0.3, 0.4) is 0 Å². The first kappa shape index (κ1) is 13.8. The summed E-state index contributed by atoms with van der Waals surface area (Å²) in [5.74, 6) is 0.552. The van der Waals surface area contributed by atoms with Crippen molar-refractivity contribution in [3.8, 4) is 11.1 Å². The fourth-order valence-electron chi connectivity index (χ4n) is 3.36. The summed E-state index contributed by atoms with van der Waals surface area (Å²) in [6.45, 7) is 0. The Kier molecular flexibility index (Phi) is 3.41. The molecule has 0 bridgehead atoms. The first-order valence-corrected chi connectivity index (χ1v) is 8.18. The summed E-state index contributed by atoms with van der Waals surface area (Å²) in [7, 11) is 1.92. The molecule has 0 spiro atoms. The zero-order valence-corrected chi connectivity index (χ0v) is 13.5. The first-order chi connectivity index (χ1) is 10.7. The normalized spacial score (nSPS) is 16.5. The van der Waals surface area contributed by atoms with Gasteiger partial charge in [0, 0.05) is 36.5 Å². The molecule has 1 saturated carbocycles. The van der Waals surface area contributed by atoms with Crippen LogP contribution in [0.15, 0.2) is 24.8 Å². The lowest BCUT2D eigenvalue weighted by molar-refractivity contribution is 0.436. The van der Waals surface area contributed by atoms with E-state index in [1.165, 1.54) is 32.1 Å². The summed E-state index contributed by atoms with van der Waals surface area (Å²) < 4.78 is 3.55. The molecule has 1 aliphatic rings. The maximum Gasteiger partial charge on any atom is 0.169 e. The van der Waals surface area contributed by atoms with E-state index in [0.717, 1.165) is 28.0 Å². The topological polar surface area (TPSA) is 48.5 Å². The molecule has 0 N–H and O–H groups in total. The van der Waals surface area contributed by atoms with Crippen molar-refractivity contribution in [3.05, 3.63) is 30.5 Å². The zero-order chi connectivity index (χ0) is 15.1. The lowest BCUT2D eigenvalue weighted by Gasteiger charge is -2.20. The van der Waals surface area contributed by atoms with Crippen LogP contribution in [0.4, 0.5) is 0 Å². The van der Waals surface area contributed by atoms with E-state index < -0.39 is 0 Å². The van der Waals surface area contributed by atoms with Crippen LogP contribution in [0, 0.1) is 0 Å². The average molecular weight is 313 g/mol. The monoisotopic (exact) mass is 313 g/mol. The highest BCUT2D eigenvalue weighted by molar-refractivity contribution is 7.78. The quantitative estimate of drug-likeness (QED) is 0.736. The van der Waals surface area contributed by atoms with Crippen LogP contribution in [-0.4, -0.2) is 23.7 Å². The van der Waals surface area contributed by atoms with E-state index in [-0.39, 0.29) is 0 Å². The van der Waals surface area contributed by atoms with E-state index in [0.29, 0.717) is 5.92 Å². The predicted octanol–water partition coefficient (Wildman–Crippen LogP) is 3.57. The number of aromatic nitrogens is 5. The van der Waals surface area contributed by atoms with Gasteiger partial charge in [0.05, 0.1) is 18.1 Å². The predicted molar refractivity (Wildman–Crippen MR) is 89.9 cm³/mol. The molecule has 1 fully saturated rings. The number of rotatable bonds is 2. The molecule has 0 aliphatic heterocycles. The van der Waals surface area contributed by atoms with Crippen molar-refractivity contribution in [1.29, 1.82) is 0 Å². The number of hydrogen-bond donors (Lipinski definition) is 1. The second-order valence-corrected chi connectivity index (χ2v) is 6.52. The van der Waals surface area contributed by atoms with E-state index in [9.17, 15) is 0 Å². The third-order valence-corrected chi connectivity index (χ3v) is 4.84. The van der Waals surface area contributed by atoms with Gasteiger partial charge < -0.3 is 0 Å². The molecule has 0 atom stereocenters. The third kappa shape index (κ3) is 2.31. The highest BCUT2D eigenvalue weighted by Gasteiger charge is 2.20. The largest absolute Gasteiger partial charge is 0.276 e. The Hall–Kier alpha value is -1.82. The van der Waals surface area contributed by atoms with Crippen LogP contribution < -0.4 is 0 Å². The maximum absolute atomic E-state index is 4.94. The minimum Gasteiger partial charge on any atom is -0.276 e. The van der Waals surface area contributed by atoms with Crippen molar-refractivity contribution in [2.24, 2.45) is 7.05 Å². The van der Waals surface area contributed by atoms with Crippen molar-refractivity contribution >= 4 is 24.0 Å². The molecular formula is C16H19N5S. The van der Waals surface area contributed by atoms with Crippen molar-refractivity contribution in [1.82, 2.24) is 23.7 Å². The van der Waals surface area contributed by atoms with Gasteiger partial charge in [-0.05, 0) is 12.8 Å². The Morgan fingerprint density at radius 2 is 1.95 bits per heavy atom. The number of thiol groups is 1. The molecule has 0 aromatic carbocycles. The molecule has 0 saturated heterocycles. The fourth-order valence-corrected chi connectivity index (χ4v) is 3.62. The molecule has 1 aliphatic carbocycles. The highest BCUT2D eigenvalue weighted by Crippen LogP contribution is 2.34. The summed E-state index contributed by atoms with van der Waals surface area (Å²) in [5.41, 5.74) is 4.95. The van der Waals surface area contributed by atoms with Gasteiger partial charge in [-0.1, -0.05) is 32.1 Å². The van der Waals surface area contributed by atoms with Gasteiger partial charge in [-0.25, -0.2) is 9.97 Å². The Balaban J connectivity index is 1.83. The van der Waals surface area contributed by atoms with Crippen molar-refractivity contribution in [2.45, 2.75) is 38.0 Å². The molecule has 5 nitrogen and oxygen atoms in total. The van der Waals surface area contributed by atoms with Gasteiger partial charge in [-0.3, -0.25) is 8.65 Å². The van der Waals surface area contributed by atoms with Crippen LogP contribution >= 0.6 is 12.8 Å². The van der Waals surface area contributed by atoms with E-state index in [4.69, 9.17) is 4.98 Å². The second kappa shape index (κ2) is 5.43. The van der Waals surface area contributed by atoms with Gasteiger partial charge in [0.1, 0.15) is 5.52 Å². The van der Waals surface area contributed by atoms with Crippen molar-refractivity contribution in [2.75, 3.05) is 0 Å². The van der Waals surface area contributed by atoms with Crippen LogP contribution in [0.25, 0.3) is 22.3 Å². The van der Waals surface area contributed by atoms with Crippen LogP contribution in [0.1, 0.15) is 43.7 Å². The molecule has 3 aromatic heterocycles. The Morgan fingerprint density at radius 1 is 1.14 bits per heavy atom. The molecule has 0 unspecified atom stereocenters. The standard InChI is InChI=1S/C16H19N5S/c1-20-9-12(7-18-20)13-10-21(22)16-15(13)19-14(8-17-16)11-5-3-2-4-6-11/h7-11,22H,2-6H2,1H3. The van der Waals surface area contributed by atoms with Crippen LogP contribution in [-0.2, 0) is 7.05 Å². The lowest BCUT2D eigenvalue weighted by atomic mass is 9.87. The van der Waals surface area contributed by atoms with Gasteiger partial charge >= 0.3 is 0 Å². The van der Waals surface area contributed by atoms with Gasteiger partial charge in [-0.2, -0.15) is 5.10 Å². The summed E-state index contributed by atoms with van der Waals surface area (Å²) >= 11 is 4.48. The second-order valence-electron chi connectivity index (χ2n) is 6.09. The molecule has 6 heteroatoms. The maximum atomic E-state index is 4.94. The smallest absolute Gasteiger partial charge is 0.169 e. The minimum absolute atomic E-state index is 0.552.